The summed E-state index contributed by atoms with van der Waals surface area (Å²) < 4.78 is 0. The zero-order valence-corrected chi connectivity index (χ0v) is 7.87. The SMILES string of the molecule is [C]1=CC=CC2C1NC1CCCCC12. The minimum absolute atomic E-state index is 0.526. The van der Waals surface area contributed by atoms with E-state index >= 15 is 0 Å². The van der Waals surface area contributed by atoms with Crippen LogP contribution in [0.1, 0.15) is 25.7 Å². The molecule has 1 saturated carbocycles. The lowest BCUT2D eigenvalue weighted by Gasteiger charge is -2.27. The van der Waals surface area contributed by atoms with Crippen molar-refractivity contribution in [1.29, 1.82) is 0 Å². The van der Waals surface area contributed by atoms with E-state index in [2.05, 4.69) is 29.6 Å². The molecule has 3 aliphatic rings. The van der Waals surface area contributed by atoms with E-state index in [1.165, 1.54) is 25.7 Å². The highest BCUT2D eigenvalue weighted by Crippen LogP contribution is 2.39. The molecule has 0 spiro atoms. The van der Waals surface area contributed by atoms with E-state index in [0.29, 0.717) is 6.04 Å². The Balaban J connectivity index is 1.85. The van der Waals surface area contributed by atoms with Gasteiger partial charge in [0.15, 0.2) is 0 Å². The fraction of sp³-hybridized carbons (Fsp3) is 0.667. The highest BCUT2D eigenvalue weighted by Gasteiger charge is 2.41. The standard InChI is InChI=1S/C12H16N/c1-3-7-11-9(5-1)10-6-2-4-8-12(10)13-11/h1,3,5,9-13H,2,4,6,8H2. The van der Waals surface area contributed by atoms with Crippen LogP contribution >= 0.6 is 0 Å². The number of allylic oxidation sites excluding steroid dienone is 2. The Morgan fingerprint density at radius 3 is 3.15 bits per heavy atom. The van der Waals surface area contributed by atoms with E-state index in [4.69, 9.17) is 0 Å². The molecule has 1 heteroatoms. The Hall–Kier alpha value is -0.560. The average molecular weight is 174 g/mol. The quantitative estimate of drug-likeness (QED) is 0.592. The molecule has 0 bridgehead atoms. The Morgan fingerprint density at radius 2 is 2.15 bits per heavy atom. The highest BCUT2D eigenvalue weighted by atomic mass is 15.0. The largest absolute Gasteiger partial charge is 0.306 e. The molecule has 1 nitrogen and oxygen atoms in total. The van der Waals surface area contributed by atoms with Gasteiger partial charge in [0.1, 0.15) is 0 Å². The van der Waals surface area contributed by atoms with Gasteiger partial charge in [0.25, 0.3) is 0 Å². The minimum atomic E-state index is 0.526. The number of rotatable bonds is 0. The summed E-state index contributed by atoms with van der Waals surface area (Å²) in [5.41, 5.74) is 0. The predicted molar refractivity (Wildman–Crippen MR) is 53.1 cm³/mol. The molecule has 3 rings (SSSR count). The van der Waals surface area contributed by atoms with Crippen molar-refractivity contribution < 1.29 is 0 Å². The molecule has 0 aromatic carbocycles. The van der Waals surface area contributed by atoms with E-state index in [-0.39, 0.29) is 0 Å². The molecule has 2 fully saturated rings. The molecule has 1 saturated heterocycles. The highest BCUT2D eigenvalue weighted by molar-refractivity contribution is 5.19. The van der Waals surface area contributed by atoms with Gasteiger partial charge in [-0.05, 0) is 24.8 Å². The van der Waals surface area contributed by atoms with Crippen molar-refractivity contribution in [2.24, 2.45) is 11.8 Å². The van der Waals surface area contributed by atoms with Crippen molar-refractivity contribution in [2.75, 3.05) is 0 Å². The Labute approximate surface area is 79.9 Å². The normalized spacial score (nSPS) is 47.4. The summed E-state index contributed by atoms with van der Waals surface area (Å²) in [5.74, 6) is 1.64. The molecule has 1 radical (unpaired) electrons. The maximum atomic E-state index is 3.70. The molecule has 13 heavy (non-hydrogen) atoms. The van der Waals surface area contributed by atoms with E-state index in [9.17, 15) is 0 Å². The Bertz CT molecular complexity index is 254. The van der Waals surface area contributed by atoms with Crippen LogP contribution in [0.25, 0.3) is 0 Å². The van der Waals surface area contributed by atoms with E-state index in [0.717, 1.165) is 17.9 Å². The molecular weight excluding hydrogens is 158 g/mol. The van der Waals surface area contributed by atoms with Gasteiger partial charge in [-0.25, -0.2) is 0 Å². The fourth-order valence-corrected chi connectivity index (χ4v) is 3.17. The summed E-state index contributed by atoms with van der Waals surface area (Å²) in [6.45, 7) is 0. The lowest BCUT2D eigenvalue weighted by Crippen LogP contribution is -2.32. The number of nitrogens with one attached hydrogen (secondary N) is 1. The van der Waals surface area contributed by atoms with Gasteiger partial charge in [-0.1, -0.05) is 31.1 Å². The molecule has 69 valence electrons. The van der Waals surface area contributed by atoms with Crippen LogP contribution in [0.5, 0.6) is 0 Å². The first-order chi connectivity index (χ1) is 6.45. The summed E-state index contributed by atoms with van der Waals surface area (Å²) in [5, 5.41) is 3.70. The topological polar surface area (TPSA) is 12.0 Å². The fourth-order valence-electron chi connectivity index (χ4n) is 3.17. The summed E-state index contributed by atoms with van der Waals surface area (Å²) in [4.78, 5) is 0. The second-order valence-electron chi connectivity index (χ2n) is 4.49. The van der Waals surface area contributed by atoms with Gasteiger partial charge in [0, 0.05) is 18.0 Å². The van der Waals surface area contributed by atoms with E-state index in [1.54, 1.807) is 0 Å². The van der Waals surface area contributed by atoms with Gasteiger partial charge in [0.2, 0.25) is 0 Å². The first-order valence-corrected chi connectivity index (χ1v) is 5.47. The molecule has 4 atom stereocenters. The van der Waals surface area contributed by atoms with E-state index in [1.807, 2.05) is 0 Å². The van der Waals surface area contributed by atoms with Gasteiger partial charge in [-0.3, -0.25) is 0 Å². The van der Waals surface area contributed by atoms with Crippen molar-refractivity contribution in [3.05, 3.63) is 24.3 Å². The summed E-state index contributed by atoms with van der Waals surface area (Å²) in [6.07, 6.45) is 15.7. The Kier molecular flexibility index (Phi) is 1.79. The third-order valence-electron chi connectivity index (χ3n) is 3.80. The van der Waals surface area contributed by atoms with Crippen molar-refractivity contribution in [2.45, 2.75) is 37.8 Å². The zero-order valence-electron chi connectivity index (χ0n) is 7.87. The maximum Gasteiger partial charge on any atom is 0.0392 e. The van der Waals surface area contributed by atoms with Crippen molar-refractivity contribution >= 4 is 0 Å². The summed E-state index contributed by atoms with van der Waals surface area (Å²) in [7, 11) is 0. The van der Waals surface area contributed by atoms with Gasteiger partial charge in [-0.15, -0.1) is 0 Å². The zero-order chi connectivity index (χ0) is 8.67. The third-order valence-corrected chi connectivity index (χ3v) is 3.80. The lowest BCUT2D eigenvalue weighted by atomic mass is 9.77. The first-order valence-electron chi connectivity index (χ1n) is 5.47. The molecule has 1 aliphatic heterocycles. The number of fused-ring (bicyclic) bond motifs is 3. The Morgan fingerprint density at radius 1 is 1.23 bits per heavy atom. The van der Waals surface area contributed by atoms with Crippen molar-refractivity contribution in [3.8, 4) is 0 Å². The van der Waals surface area contributed by atoms with Crippen molar-refractivity contribution in [3.63, 3.8) is 0 Å². The smallest absolute Gasteiger partial charge is 0.0392 e. The third kappa shape index (κ3) is 1.18. The van der Waals surface area contributed by atoms with Crippen LogP contribution in [0.2, 0.25) is 0 Å². The first kappa shape index (κ1) is 7.81. The molecule has 1 heterocycles. The van der Waals surface area contributed by atoms with Gasteiger partial charge in [0.05, 0.1) is 0 Å². The van der Waals surface area contributed by atoms with Crippen LogP contribution in [-0.4, -0.2) is 12.1 Å². The molecule has 0 amide bonds. The van der Waals surface area contributed by atoms with Crippen LogP contribution in [0.3, 0.4) is 0 Å². The molecule has 2 aliphatic carbocycles. The minimum Gasteiger partial charge on any atom is -0.306 e. The maximum absolute atomic E-state index is 3.70. The monoisotopic (exact) mass is 174 g/mol. The lowest BCUT2D eigenvalue weighted by molar-refractivity contribution is 0.297. The van der Waals surface area contributed by atoms with Gasteiger partial charge in [-0.2, -0.15) is 0 Å². The summed E-state index contributed by atoms with van der Waals surface area (Å²) in [6, 6.07) is 1.31. The summed E-state index contributed by atoms with van der Waals surface area (Å²) >= 11 is 0. The second-order valence-corrected chi connectivity index (χ2v) is 4.49. The van der Waals surface area contributed by atoms with Crippen LogP contribution in [-0.2, 0) is 0 Å². The molecule has 4 unspecified atom stereocenters. The molecular formula is C12H16N. The van der Waals surface area contributed by atoms with Crippen molar-refractivity contribution in [1.82, 2.24) is 5.32 Å². The van der Waals surface area contributed by atoms with Crippen LogP contribution in [0.15, 0.2) is 18.2 Å². The van der Waals surface area contributed by atoms with Crippen LogP contribution in [0.4, 0.5) is 0 Å². The molecule has 0 aromatic rings. The average Bonchev–Trinajstić information content (AvgIpc) is 2.56. The van der Waals surface area contributed by atoms with Gasteiger partial charge >= 0.3 is 0 Å². The molecule has 1 N–H and O–H groups in total. The predicted octanol–water partition coefficient (Wildman–Crippen LogP) is 2.06. The molecule has 0 aromatic heterocycles. The number of hydrogen-bond donors (Lipinski definition) is 1. The van der Waals surface area contributed by atoms with Crippen LogP contribution < -0.4 is 5.32 Å². The number of hydrogen-bond acceptors (Lipinski definition) is 1. The van der Waals surface area contributed by atoms with Gasteiger partial charge < -0.3 is 5.32 Å². The van der Waals surface area contributed by atoms with E-state index < -0.39 is 0 Å². The van der Waals surface area contributed by atoms with Crippen LogP contribution in [0, 0.1) is 17.9 Å². The second kappa shape index (κ2) is 2.98.